The monoisotopic (exact) mass is 344 g/mol. The van der Waals surface area contributed by atoms with Gasteiger partial charge in [0.25, 0.3) is 0 Å². The lowest BCUT2D eigenvalue weighted by Gasteiger charge is -2.31. The first-order valence-corrected chi connectivity index (χ1v) is 10.4. The van der Waals surface area contributed by atoms with E-state index in [1.54, 1.807) is 24.3 Å². The molecule has 25 heavy (non-hydrogen) atoms. The average Bonchev–Trinajstić information content (AvgIpc) is 2.57. The van der Waals surface area contributed by atoms with Crippen LogP contribution in [0, 0.1) is 5.92 Å². The molecule has 2 aliphatic rings. The molecule has 2 fully saturated rings. The highest BCUT2D eigenvalue weighted by atomic mass is 16.1. The van der Waals surface area contributed by atoms with Crippen LogP contribution in [-0.2, 0) is 0 Å². The van der Waals surface area contributed by atoms with Crippen LogP contribution in [0.5, 0.6) is 0 Å². The van der Waals surface area contributed by atoms with Gasteiger partial charge in [-0.3, -0.25) is 4.79 Å². The minimum absolute atomic E-state index is 0.379. The average molecular weight is 345 g/mol. The van der Waals surface area contributed by atoms with E-state index >= 15 is 0 Å². The number of rotatable bonds is 2. The molecule has 3 nitrogen and oxygen atoms in total. The van der Waals surface area contributed by atoms with E-state index in [1.165, 1.54) is 83.6 Å². The summed E-state index contributed by atoms with van der Waals surface area (Å²) in [5.74, 6) is 0.619. The molecule has 0 spiro atoms. The van der Waals surface area contributed by atoms with Crippen molar-refractivity contribution in [2.24, 2.45) is 11.7 Å². The molecule has 3 heteroatoms. The number of carbonyl (C=O) groups excluding carboxylic acids is 1. The highest BCUT2D eigenvalue weighted by Gasteiger charge is 2.21. The van der Waals surface area contributed by atoms with Crippen molar-refractivity contribution in [3.8, 4) is 0 Å². The maximum atomic E-state index is 10.4. The van der Waals surface area contributed by atoms with Gasteiger partial charge < -0.3 is 11.1 Å². The number of nitrogens with one attached hydrogen (secondary N) is 1. The molecule has 3 N–H and O–H groups in total. The van der Waals surface area contributed by atoms with Gasteiger partial charge in [-0.2, -0.15) is 0 Å². The molecule has 0 bridgehead atoms. The van der Waals surface area contributed by atoms with E-state index < -0.39 is 0 Å². The van der Waals surface area contributed by atoms with E-state index in [-0.39, 0.29) is 5.91 Å². The number of benzene rings is 1. The van der Waals surface area contributed by atoms with Crippen molar-refractivity contribution in [3.63, 3.8) is 0 Å². The molecule has 1 saturated heterocycles. The van der Waals surface area contributed by atoms with Crippen molar-refractivity contribution in [1.29, 1.82) is 0 Å². The lowest BCUT2D eigenvalue weighted by atomic mass is 9.83. The largest absolute Gasteiger partial charge is 0.366 e. The van der Waals surface area contributed by atoms with E-state index in [4.69, 9.17) is 5.73 Å². The van der Waals surface area contributed by atoms with E-state index in [0.29, 0.717) is 5.56 Å². The first-order chi connectivity index (χ1) is 12.3. The number of nitrogens with two attached hydrogens (primary N) is 1. The molecule has 1 amide bonds. The summed E-state index contributed by atoms with van der Waals surface area (Å²) in [6.07, 6.45) is 17.7. The number of amides is 1. The summed E-state index contributed by atoms with van der Waals surface area (Å²) in [4.78, 5) is 10.4. The van der Waals surface area contributed by atoms with E-state index in [9.17, 15) is 4.79 Å². The smallest absolute Gasteiger partial charge is 0.248 e. The Kier molecular flexibility index (Phi) is 9.65. The molecule has 1 aromatic carbocycles. The molecule has 0 radical (unpaired) electrons. The molecule has 1 aromatic rings. The Labute approximate surface area is 153 Å². The topological polar surface area (TPSA) is 55.1 Å². The van der Waals surface area contributed by atoms with Crippen molar-refractivity contribution < 1.29 is 4.79 Å². The second-order valence-electron chi connectivity index (χ2n) is 7.60. The summed E-state index contributed by atoms with van der Waals surface area (Å²) in [5.41, 5.74) is 5.53. The molecule has 1 unspecified atom stereocenters. The third-order valence-electron chi connectivity index (χ3n) is 5.63. The molecular formula is C22H36N2O. The molecule has 140 valence electrons. The van der Waals surface area contributed by atoms with Crippen molar-refractivity contribution in [3.05, 3.63) is 35.9 Å². The number of hydrogen-bond acceptors (Lipinski definition) is 2. The lowest BCUT2D eigenvalue weighted by molar-refractivity contribution is 0.100. The molecule has 1 aliphatic carbocycles. The minimum atomic E-state index is -0.379. The Morgan fingerprint density at radius 2 is 1.36 bits per heavy atom. The van der Waals surface area contributed by atoms with Crippen molar-refractivity contribution in [2.45, 2.75) is 83.1 Å². The van der Waals surface area contributed by atoms with Crippen LogP contribution in [0.15, 0.2) is 30.3 Å². The van der Waals surface area contributed by atoms with Gasteiger partial charge in [-0.1, -0.05) is 69.6 Å². The van der Waals surface area contributed by atoms with Crippen LogP contribution < -0.4 is 11.1 Å². The highest BCUT2D eigenvalue weighted by molar-refractivity contribution is 5.92. The second-order valence-corrected chi connectivity index (χ2v) is 7.60. The van der Waals surface area contributed by atoms with Crippen LogP contribution in [-0.4, -0.2) is 18.5 Å². The Hall–Kier alpha value is -1.35. The standard InChI is InChI=1S/C15H29N.C7H7NO/c1-2-6-10-14(11-7-3-1)15-12-8-4-5-9-13-16-15;8-7(9)6-4-2-1-3-5-6/h14-16H,1-13H2;1-5H,(H2,8,9). The third kappa shape index (κ3) is 8.04. The molecular weight excluding hydrogens is 308 g/mol. The van der Waals surface area contributed by atoms with Gasteiger partial charge in [0, 0.05) is 11.6 Å². The molecule has 3 rings (SSSR count). The van der Waals surface area contributed by atoms with Gasteiger partial charge in [0.05, 0.1) is 0 Å². The van der Waals surface area contributed by atoms with Gasteiger partial charge >= 0.3 is 0 Å². The molecule has 1 atom stereocenters. The van der Waals surface area contributed by atoms with E-state index in [2.05, 4.69) is 5.32 Å². The van der Waals surface area contributed by atoms with Crippen molar-refractivity contribution in [1.82, 2.24) is 5.32 Å². The summed E-state index contributed by atoms with van der Waals surface area (Å²) >= 11 is 0. The SMILES string of the molecule is C1CCCC(C2CCCCCCN2)CCC1.NC(=O)c1ccccc1. The van der Waals surface area contributed by atoms with E-state index in [1.807, 2.05) is 6.07 Å². The Balaban J connectivity index is 0.000000212. The van der Waals surface area contributed by atoms with Crippen LogP contribution in [0.3, 0.4) is 0 Å². The maximum Gasteiger partial charge on any atom is 0.248 e. The zero-order valence-electron chi connectivity index (χ0n) is 15.7. The first-order valence-electron chi connectivity index (χ1n) is 10.4. The summed E-state index contributed by atoms with van der Waals surface area (Å²) in [6.45, 7) is 1.28. The van der Waals surface area contributed by atoms with Crippen LogP contribution >= 0.6 is 0 Å². The second kappa shape index (κ2) is 12.1. The first kappa shape index (κ1) is 20.0. The van der Waals surface area contributed by atoms with Crippen LogP contribution in [0.25, 0.3) is 0 Å². The van der Waals surface area contributed by atoms with Gasteiger partial charge in [0.1, 0.15) is 0 Å². The summed E-state index contributed by atoms with van der Waals surface area (Å²) in [7, 11) is 0. The summed E-state index contributed by atoms with van der Waals surface area (Å²) in [5, 5.41) is 3.84. The van der Waals surface area contributed by atoms with Crippen LogP contribution in [0.1, 0.15) is 87.4 Å². The zero-order chi connectivity index (χ0) is 17.7. The third-order valence-corrected chi connectivity index (χ3v) is 5.63. The van der Waals surface area contributed by atoms with Crippen molar-refractivity contribution in [2.75, 3.05) is 6.54 Å². The fourth-order valence-corrected chi connectivity index (χ4v) is 4.13. The predicted octanol–water partition coefficient (Wildman–Crippen LogP) is 5.05. The number of primary amides is 1. The van der Waals surface area contributed by atoms with Gasteiger partial charge in [0.15, 0.2) is 0 Å². The molecule has 1 saturated carbocycles. The summed E-state index contributed by atoms with van der Waals surface area (Å²) in [6, 6.07) is 9.62. The maximum absolute atomic E-state index is 10.4. The van der Waals surface area contributed by atoms with Gasteiger partial charge in [-0.15, -0.1) is 0 Å². The Bertz CT molecular complexity index is 438. The van der Waals surface area contributed by atoms with Crippen LogP contribution in [0.2, 0.25) is 0 Å². The molecule has 0 aromatic heterocycles. The Morgan fingerprint density at radius 3 is 1.96 bits per heavy atom. The highest BCUT2D eigenvalue weighted by Crippen LogP contribution is 2.28. The van der Waals surface area contributed by atoms with E-state index in [0.717, 1.165) is 12.0 Å². The van der Waals surface area contributed by atoms with Gasteiger partial charge in [-0.05, 0) is 50.3 Å². The summed E-state index contributed by atoms with van der Waals surface area (Å²) < 4.78 is 0. The minimum Gasteiger partial charge on any atom is -0.366 e. The predicted molar refractivity (Wildman–Crippen MR) is 106 cm³/mol. The van der Waals surface area contributed by atoms with Crippen LogP contribution in [0.4, 0.5) is 0 Å². The fraction of sp³-hybridized carbons (Fsp3) is 0.682. The van der Waals surface area contributed by atoms with Gasteiger partial charge in [0.2, 0.25) is 5.91 Å². The van der Waals surface area contributed by atoms with Crippen molar-refractivity contribution >= 4 is 5.91 Å². The fourth-order valence-electron chi connectivity index (χ4n) is 4.13. The Morgan fingerprint density at radius 1 is 0.800 bits per heavy atom. The number of carbonyl (C=O) groups is 1. The molecule has 1 heterocycles. The normalized spacial score (nSPS) is 23.1. The molecule has 1 aliphatic heterocycles. The quantitative estimate of drug-likeness (QED) is 0.788. The number of hydrogen-bond donors (Lipinski definition) is 2. The van der Waals surface area contributed by atoms with Gasteiger partial charge in [-0.25, -0.2) is 0 Å². The lowest BCUT2D eigenvalue weighted by Crippen LogP contribution is -2.38. The zero-order valence-corrected chi connectivity index (χ0v) is 15.7.